The molecule has 0 amide bonds. The lowest BCUT2D eigenvalue weighted by Gasteiger charge is -2.13. The zero-order valence-corrected chi connectivity index (χ0v) is 12.0. The Hall–Kier alpha value is -1.18. The van der Waals surface area contributed by atoms with E-state index in [2.05, 4.69) is 9.82 Å². The highest BCUT2D eigenvalue weighted by Gasteiger charge is 2.21. The number of hydrogen-bond acceptors (Lipinski definition) is 4. The summed E-state index contributed by atoms with van der Waals surface area (Å²) in [6.07, 6.45) is 1.69. The number of nitrogens with one attached hydrogen (secondary N) is 1. The highest BCUT2D eigenvalue weighted by Crippen LogP contribution is 2.21. The van der Waals surface area contributed by atoms with Crippen LogP contribution in [0.2, 0.25) is 0 Å². The molecule has 0 radical (unpaired) electrons. The van der Waals surface area contributed by atoms with Crippen molar-refractivity contribution in [3.05, 3.63) is 35.0 Å². The van der Waals surface area contributed by atoms with Crippen molar-refractivity contribution in [3.8, 4) is 0 Å². The van der Waals surface area contributed by atoms with Crippen LogP contribution in [0.25, 0.3) is 0 Å². The van der Waals surface area contributed by atoms with Crippen LogP contribution in [0.15, 0.2) is 27.9 Å². The van der Waals surface area contributed by atoms with Crippen molar-refractivity contribution in [1.29, 1.82) is 0 Å². The first-order valence-corrected chi connectivity index (χ1v) is 7.82. The molecule has 2 aromatic heterocycles. The van der Waals surface area contributed by atoms with Crippen molar-refractivity contribution < 1.29 is 8.42 Å². The van der Waals surface area contributed by atoms with Crippen LogP contribution in [0.4, 0.5) is 0 Å². The molecule has 0 spiro atoms. The molecule has 0 saturated heterocycles. The first-order chi connectivity index (χ1) is 8.42. The molecule has 0 fully saturated rings. The molecule has 5 nitrogen and oxygen atoms in total. The average Bonchev–Trinajstić information content (AvgIpc) is 2.90. The lowest BCUT2D eigenvalue weighted by atomic mass is 10.1. The summed E-state index contributed by atoms with van der Waals surface area (Å²) in [5.74, 6) is 0. The van der Waals surface area contributed by atoms with Gasteiger partial charge >= 0.3 is 0 Å². The largest absolute Gasteiger partial charge is 0.273 e. The Labute approximate surface area is 111 Å². The Kier molecular flexibility index (Phi) is 3.56. The van der Waals surface area contributed by atoms with Crippen molar-refractivity contribution >= 4 is 21.4 Å². The second-order valence-corrected chi connectivity index (χ2v) is 6.97. The Balaban J connectivity index is 2.22. The van der Waals surface area contributed by atoms with Crippen molar-refractivity contribution in [1.82, 2.24) is 14.5 Å². The predicted molar refractivity (Wildman–Crippen MR) is 71.0 cm³/mol. The van der Waals surface area contributed by atoms with Crippen LogP contribution in [0.1, 0.15) is 24.2 Å². The predicted octanol–water partition coefficient (Wildman–Crippen LogP) is 1.83. The van der Waals surface area contributed by atoms with Gasteiger partial charge in [0.1, 0.15) is 4.21 Å². The molecule has 0 aromatic carbocycles. The molecule has 1 N–H and O–H groups in total. The normalized spacial score (nSPS) is 13.7. The molecule has 7 heteroatoms. The summed E-state index contributed by atoms with van der Waals surface area (Å²) in [6, 6.07) is 3.01. The summed E-state index contributed by atoms with van der Waals surface area (Å²) >= 11 is 1.21. The van der Waals surface area contributed by atoms with E-state index in [-0.39, 0.29) is 6.04 Å². The smallest absolute Gasteiger partial charge is 0.250 e. The highest BCUT2D eigenvalue weighted by atomic mass is 32.2. The van der Waals surface area contributed by atoms with Gasteiger partial charge in [-0.2, -0.15) is 5.10 Å². The summed E-state index contributed by atoms with van der Waals surface area (Å²) in [5.41, 5.74) is 1.84. The number of nitrogens with zero attached hydrogens (tertiary/aromatic N) is 2. The standard InChI is InChI=1S/C11H15N3O2S2/c1-8(10-7-12-14(3)9(10)2)13-18(15,16)11-5-4-6-17-11/h4-8,13H,1-3H3. The quantitative estimate of drug-likeness (QED) is 0.932. The molecule has 0 aliphatic rings. The maximum Gasteiger partial charge on any atom is 0.250 e. The van der Waals surface area contributed by atoms with E-state index in [0.29, 0.717) is 4.21 Å². The van der Waals surface area contributed by atoms with Crippen molar-refractivity contribution in [3.63, 3.8) is 0 Å². The molecule has 2 rings (SSSR count). The van der Waals surface area contributed by atoms with E-state index in [0.717, 1.165) is 11.3 Å². The molecule has 98 valence electrons. The molecule has 0 saturated carbocycles. The lowest BCUT2D eigenvalue weighted by molar-refractivity contribution is 0.568. The summed E-state index contributed by atoms with van der Waals surface area (Å²) in [5, 5.41) is 5.86. The third-order valence-electron chi connectivity index (χ3n) is 2.83. The third-order valence-corrected chi connectivity index (χ3v) is 5.77. The van der Waals surface area contributed by atoms with Gasteiger partial charge in [0.15, 0.2) is 0 Å². The van der Waals surface area contributed by atoms with Crippen LogP contribution in [-0.4, -0.2) is 18.2 Å². The van der Waals surface area contributed by atoms with Gasteiger partial charge in [0, 0.05) is 24.3 Å². The van der Waals surface area contributed by atoms with Gasteiger partial charge in [-0.25, -0.2) is 13.1 Å². The molecule has 1 atom stereocenters. The summed E-state index contributed by atoms with van der Waals surface area (Å²) < 4.78 is 28.8. The molecule has 18 heavy (non-hydrogen) atoms. The second kappa shape index (κ2) is 4.83. The Morgan fingerprint density at radius 1 is 1.50 bits per heavy atom. The number of hydrogen-bond donors (Lipinski definition) is 1. The van der Waals surface area contributed by atoms with E-state index in [9.17, 15) is 8.42 Å². The van der Waals surface area contributed by atoms with E-state index in [1.165, 1.54) is 11.3 Å². The van der Waals surface area contributed by atoms with Gasteiger partial charge in [-0.1, -0.05) is 6.07 Å². The van der Waals surface area contributed by atoms with E-state index in [4.69, 9.17) is 0 Å². The first-order valence-electron chi connectivity index (χ1n) is 5.46. The number of rotatable bonds is 4. The molecule has 0 aliphatic heterocycles. The summed E-state index contributed by atoms with van der Waals surface area (Å²) in [4.78, 5) is 0. The fourth-order valence-corrected chi connectivity index (χ4v) is 3.94. The van der Waals surface area contributed by atoms with Crippen LogP contribution >= 0.6 is 11.3 Å². The summed E-state index contributed by atoms with van der Waals surface area (Å²) in [7, 11) is -1.61. The maximum absolute atomic E-state index is 12.1. The zero-order valence-electron chi connectivity index (χ0n) is 10.4. The number of aryl methyl sites for hydroxylation is 1. The minimum atomic E-state index is -3.44. The molecule has 2 heterocycles. The second-order valence-electron chi connectivity index (χ2n) is 4.08. The monoisotopic (exact) mass is 285 g/mol. The van der Waals surface area contributed by atoms with Gasteiger partial charge in [-0.05, 0) is 25.3 Å². The Bertz CT molecular complexity index is 629. The minimum absolute atomic E-state index is 0.300. The van der Waals surface area contributed by atoms with E-state index in [1.807, 2.05) is 20.9 Å². The molecular weight excluding hydrogens is 270 g/mol. The molecule has 0 aliphatic carbocycles. The molecule has 1 unspecified atom stereocenters. The molecular formula is C11H15N3O2S2. The maximum atomic E-state index is 12.1. The van der Waals surface area contributed by atoms with Gasteiger partial charge < -0.3 is 0 Å². The van der Waals surface area contributed by atoms with Crippen LogP contribution in [-0.2, 0) is 17.1 Å². The fraction of sp³-hybridized carbons (Fsp3) is 0.364. The van der Waals surface area contributed by atoms with Crippen molar-refractivity contribution in [2.75, 3.05) is 0 Å². The fourth-order valence-electron chi connectivity index (χ4n) is 1.71. The van der Waals surface area contributed by atoms with E-state index >= 15 is 0 Å². The van der Waals surface area contributed by atoms with Gasteiger partial charge in [0.05, 0.1) is 6.20 Å². The summed E-state index contributed by atoms with van der Waals surface area (Å²) in [6.45, 7) is 3.73. The topological polar surface area (TPSA) is 64.0 Å². The minimum Gasteiger partial charge on any atom is -0.273 e. The Morgan fingerprint density at radius 3 is 2.72 bits per heavy atom. The third kappa shape index (κ3) is 2.47. The van der Waals surface area contributed by atoms with Crippen LogP contribution in [0, 0.1) is 6.92 Å². The molecule has 0 bridgehead atoms. The van der Waals surface area contributed by atoms with Gasteiger partial charge in [0.25, 0.3) is 10.0 Å². The lowest BCUT2D eigenvalue weighted by Crippen LogP contribution is -2.26. The van der Waals surface area contributed by atoms with E-state index < -0.39 is 10.0 Å². The first kappa shape index (κ1) is 13.3. The number of aromatic nitrogens is 2. The number of thiophene rings is 1. The average molecular weight is 285 g/mol. The van der Waals surface area contributed by atoms with Crippen LogP contribution in [0.3, 0.4) is 0 Å². The van der Waals surface area contributed by atoms with Gasteiger partial charge in [-0.15, -0.1) is 11.3 Å². The van der Waals surface area contributed by atoms with Gasteiger partial charge in [-0.3, -0.25) is 4.68 Å². The van der Waals surface area contributed by atoms with Crippen molar-refractivity contribution in [2.24, 2.45) is 7.05 Å². The highest BCUT2D eigenvalue weighted by molar-refractivity contribution is 7.91. The van der Waals surface area contributed by atoms with Gasteiger partial charge in [0.2, 0.25) is 0 Å². The molecule has 2 aromatic rings. The zero-order chi connectivity index (χ0) is 13.3. The van der Waals surface area contributed by atoms with Crippen molar-refractivity contribution in [2.45, 2.75) is 24.1 Å². The number of sulfonamides is 1. The Morgan fingerprint density at radius 2 is 2.22 bits per heavy atom. The van der Waals surface area contributed by atoms with Crippen LogP contribution < -0.4 is 4.72 Å². The SMILES string of the molecule is Cc1c(C(C)NS(=O)(=O)c2cccs2)cnn1C. The van der Waals surface area contributed by atoms with E-state index in [1.54, 1.807) is 28.4 Å². The van der Waals surface area contributed by atoms with Crippen LogP contribution in [0.5, 0.6) is 0 Å².